The molecule has 6 nitrogen and oxygen atoms in total. The van der Waals surface area contributed by atoms with Gasteiger partial charge in [-0.2, -0.15) is 0 Å². The highest BCUT2D eigenvalue weighted by Crippen LogP contribution is 2.32. The number of carbonyl (C=O) groups is 2. The lowest BCUT2D eigenvalue weighted by molar-refractivity contribution is -0.126. The third-order valence-electron chi connectivity index (χ3n) is 6.24. The number of fused-ring (bicyclic) bond motifs is 1. The molecule has 2 heterocycles. The fourth-order valence-corrected chi connectivity index (χ4v) is 4.40. The van der Waals surface area contributed by atoms with E-state index in [0.717, 1.165) is 17.9 Å². The normalized spacial score (nSPS) is 24.2. The van der Waals surface area contributed by atoms with Gasteiger partial charge in [0.15, 0.2) is 0 Å². The van der Waals surface area contributed by atoms with Gasteiger partial charge in [0.05, 0.1) is 23.6 Å². The molecule has 2 aliphatic rings. The van der Waals surface area contributed by atoms with Crippen LogP contribution < -0.4 is 15.8 Å². The molecule has 3 unspecified atom stereocenters. The Morgan fingerprint density at radius 3 is 2.43 bits per heavy atom. The second-order valence-corrected chi connectivity index (χ2v) is 8.50. The highest BCUT2D eigenvalue weighted by atomic mass is 16.2. The van der Waals surface area contributed by atoms with Crippen molar-refractivity contribution in [3.63, 3.8) is 0 Å². The minimum atomic E-state index is -0.314. The van der Waals surface area contributed by atoms with Crippen LogP contribution >= 0.6 is 0 Å². The Kier molecular flexibility index (Phi) is 5.88. The number of nitrogens with one attached hydrogen (secondary N) is 2. The standard InChI is InChI=1S/C24H30N4O2/c1-4-27-14-20(23(29)25-18-12-10-17(11-13-18)16(2)3)22-21(15-27)24(30)28(26-22)19-8-6-5-7-9-19/h5-13,16,20-22,26H,4,14-15H2,1-3H3,(H,25,29). The van der Waals surface area contributed by atoms with Crippen molar-refractivity contribution in [2.24, 2.45) is 11.8 Å². The molecule has 2 amide bonds. The van der Waals surface area contributed by atoms with Gasteiger partial charge in [-0.15, -0.1) is 0 Å². The fourth-order valence-electron chi connectivity index (χ4n) is 4.40. The molecule has 2 aliphatic heterocycles. The zero-order valence-corrected chi connectivity index (χ0v) is 17.8. The van der Waals surface area contributed by atoms with Crippen LogP contribution in [0.5, 0.6) is 0 Å². The van der Waals surface area contributed by atoms with Gasteiger partial charge in [0.1, 0.15) is 0 Å². The maximum atomic E-state index is 13.2. The van der Waals surface area contributed by atoms with Gasteiger partial charge in [-0.1, -0.05) is 51.1 Å². The molecule has 0 bridgehead atoms. The third-order valence-corrected chi connectivity index (χ3v) is 6.24. The summed E-state index contributed by atoms with van der Waals surface area (Å²) in [6, 6.07) is 17.4. The van der Waals surface area contributed by atoms with E-state index in [0.29, 0.717) is 19.0 Å². The van der Waals surface area contributed by atoms with Crippen molar-refractivity contribution in [3.8, 4) is 0 Å². The first-order valence-corrected chi connectivity index (χ1v) is 10.8. The van der Waals surface area contributed by atoms with Gasteiger partial charge in [-0.25, -0.2) is 10.4 Å². The van der Waals surface area contributed by atoms with E-state index in [1.807, 2.05) is 42.5 Å². The van der Waals surface area contributed by atoms with Crippen molar-refractivity contribution in [1.29, 1.82) is 0 Å². The van der Waals surface area contributed by atoms with Gasteiger partial charge < -0.3 is 10.2 Å². The number of likely N-dealkylation sites (tertiary alicyclic amines) is 1. The SMILES string of the molecule is CCN1CC(C(=O)Nc2ccc(C(C)C)cc2)C2NN(c3ccccc3)C(=O)C2C1. The summed E-state index contributed by atoms with van der Waals surface area (Å²) < 4.78 is 0. The molecule has 0 radical (unpaired) electrons. The zero-order chi connectivity index (χ0) is 21.3. The van der Waals surface area contributed by atoms with Gasteiger partial charge in [0, 0.05) is 18.8 Å². The van der Waals surface area contributed by atoms with Gasteiger partial charge in [-0.3, -0.25) is 9.59 Å². The number of nitrogens with zero attached hydrogens (tertiary/aromatic N) is 2. The third kappa shape index (κ3) is 3.98. The van der Waals surface area contributed by atoms with Crippen LogP contribution in [0, 0.1) is 11.8 Å². The number of piperidine rings is 1. The maximum Gasteiger partial charge on any atom is 0.247 e. The average molecular weight is 407 g/mol. The van der Waals surface area contributed by atoms with Crippen LogP contribution in [-0.4, -0.2) is 42.4 Å². The second-order valence-electron chi connectivity index (χ2n) is 8.50. The van der Waals surface area contributed by atoms with Crippen LogP contribution in [-0.2, 0) is 9.59 Å². The van der Waals surface area contributed by atoms with E-state index in [2.05, 4.69) is 48.5 Å². The Labute approximate surface area is 178 Å². The topological polar surface area (TPSA) is 64.7 Å². The predicted octanol–water partition coefficient (Wildman–Crippen LogP) is 3.24. The van der Waals surface area contributed by atoms with Gasteiger partial charge in [0.25, 0.3) is 0 Å². The Morgan fingerprint density at radius 2 is 1.80 bits per heavy atom. The molecular weight excluding hydrogens is 376 g/mol. The first-order chi connectivity index (χ1) is 14.5. The summed E-state index contributed by atoms with van der Waals surface area (Å²) in [5.41, 5.74) is 6.18. The minimum absolute atomic E-state index is 0.0310. The smallest absolute Gasteiger partial charge is 0.247 e. The molecule has 2 N–H and O–H groups in total. The molecule has 0 saturated carbocycles. The summed E-state index contributed by atoms with van der Waals surface area (Å²) in [6.45, 7) is 8.49. The molecule has 6 heteroatoms. The Morgan fingerprint density at radius 1 is 1.10 bits per heavy atom. The summed E-state index contributed by atoms with van der Waals surface area (Å²) in [7, 11) is 0. The predicted molar refractivity (Wildman–Crippen MR) is 119 cm³/mol. The quantitative estimate of drug-likeness (QED) is 0.800. The summed E-state index contributed by atoms with van der Waals surface area (Å²) in [4.78, 5) is 28.6. The van der Waals surface area contributed by atoms with Gasteiger partial charge in [-0.05, 0) is 42.3 Å². The number of para-hydroxylation sites is 1. The van der Waals surface area contributed by atoms with E-state index in [1.165, 1.54) is 5.56 Å². The largest absolute Gasteiger partial charge is 0.326 e. The van der Waals surface area contributed by atoms with Gasteiger partial charge >= 0.3 is 0 Å². The number of amides is 2. The Bertz CT molecular complexity index is 897. The van der Waals surface area contributed by atoms with Crippen molar-refractivity contribution < 1.29 is 9.59 Å². The van der Waals surface area contributed by atoms with Crippen LogP contribution in [0.3, 0.4) is 0 Å². The molecular formula is C24H30N4O2. The van der Waals surface area contributed by atoms with Crippen molar-refractivity contribution in [2.45, 2.75) is 32.7 Å². The molecule has 4 rings (SSSR count). The first-order valence-electron chi connectivity index (χ1n) is 10.8. The van der Waals surface area contributed by atoms with Crippen molar-refractivity contribution in [3.05, 3.63) is 60.2 Å². The lowest BCUT2D eigenvalue weighted by atomic mass is 9.84. The second kappa shape index (κ2) is 8.58. The highest BCUT2D eigenvalue weighted by Gasteiger charge is 2.50. The lowest BCUT2D eigenvalue weighted by Crippen LogP contribution is -2.55. The number of carbonyl (C=O) groups excluding carboxylic acids is 2. The number of benzene rings is 2. The Hall–Kier alpha value is -2.70. The monoisotopic (exact) mass is 406 g/mol. The first kappa shape index (κ1) is 20.6. The number of hydrogen-bond donors (Lipinski definition) is 2. The average Bonchev–Trinajstić information content (AvgIpc) is 3.10. The lowest BCUT2D eigenvalue weighted by Gasteiger charge is -2.37. The highest BCUT2D eigenvalue weighted by molar-refractivity contribution is 6.00. The molecule has 2 aromatic rings. The molecule has 2 saturated heterocycles. The van der Waals surface area contributed by atoms with E-state index >= 15 is 0 Å². The van der Waals surface area contributed by atoms with Crippen LogP contribution in [0.25, 0.3) is 0 Å². The molecule has 2 aromatic carbocycles. The fraction of sp³-hybridized carbons (Fsp3) is 0.417. The van der Waals surface area contributed by atoms with Crippen molar-refractivity contribution in [2.75, 3.05) is 30.0 Å². The maximum absolute atomic E-state index is 13.2. The minimum Gasteiger partial charge on any atom is -0.326 e. The van der Waals surface area contributed by atoms with E-state index in [-0.39, 0.29) is 29.7 Å². The van der Waals surface area contributed by atoms with E-state index in [4.69, 9.17) is 0 Å². The molecule has 0 aromatic heterocycles. The summed E-state index contributed by atoms with van der Waals surface area (Å²) in [5.74, 6) is -0.118. The van der Waals surface area contributed by atoms with E-state index in [1.54, 1.807) is 5.01 Å². The molecule has 2 fully saturated rings. The summed E-state index contributed by atoms with van der Waals surface area (Å²) >= 11 is 0. The molecule has 0 spiro atoms. The summed E-state index contributed by atoms with van der Waals surface area (Å²) in [6.07, 6.45) is 0. The summed E-state index contributed by atoms with van der Waals surface area (Å²) in [5, 5.41) is 4.69. The van der Waals surface area contributed by atoms with Crippen molar-refractivity contribution in [1.82, 2.24) is 10.3 Å². The van der Waals surface area contributed by atoms with Crippen LogP contribution in [0.15, 0.2) is 54.6 Å². The molecule has 3 atom stereocenters. The molecule has 158 valence electrons. The van der Waals surface area contributed by atoms with Crippen LogP contribution in [0.1, 0.15) is 32.3 Å². The van der Waals surface area contributed by atoms with E-state index in [9.17, 15) is 9.59 Å². The molecule has 0 aliphatic carbocycles. The number of hydrogen-bond acceptors (Lipinski definition) is 4. The zero-order valence-electron chi connectivity index (χ0n) is 17.8. The van der Waals surface area contributed by atoms with Crippen LogP contribution in [0.2, 0.25) is 0 Å². The van der Waals surface area contributed by atoms with Gasteiger partial charge in [0.2, 0.25) is 11.8 Å². The van der Waals surface area contributed by atoms with E-state index < -0.39 is 0 Å². The Balaban J connectivity index is 1.54. The van der Waals surface area contributed by atoms with Crippen molar-refractivity contribution >= 4 is 23.2 Å². The van der Waals surface area contributed by atoms with Crippen LogP contribution in [0.4, 0.5) is 11.4 Å². The molecule has 30 heavy (non-hydrogen) atoms. The number of rotatable bonds is 5. The number of hydrazine groups is 1. The number of anilines is 2.